The van der Waals surface area contributed by atoms with Crippen LogP contribution < -0.4 is 10.1 Å². The molecule has 53 heavy (non-hydrogen) atoms. The minimum Gasteiger partial charge on any atom is -0.494 e. The van der Waals surface area contributed by atoms with Crippen LogP contribution in [0, 0.1) is 27.7 Å². The van der Waals surface area contributed by atoms with Gasteiger partial charge in [0.1, 0.15) is 11.4 Å². The fourth-order valence-electron chi connectivity index (χ4n) is 6.31. The highest BCUT2D eigenvalue weighted by atomic mass is 35.5. The smallest absolute Gasteiger partial charge is 0.337 e. The Morgan fingerprint density at radius 1 is 0.981 bits per heavy atom. The minimum atomic E-state index is -2.10. The highest BCUT2D eigenvalue weighted by Gasteiger charge is 2.37. The van der Waals surface area contributed by atoms with Gasteiger partial charge in [-0.3, -0.25) is 9.48 Å². The Morgan fingerprint density at radius 3 is 2.26 bits per heavy atom. The van der Waals surface area contributed by atoms with Crippen LogP contribution in [0.5, 0.6) is 5.75 Å². The third kappa shape index (κ3) is 8.51. The number of halogens is 2. The molecule has 0 unspecified atom stereocenters. The van der Waals surface area contributed by atoms with Gasteiger partial charge in [0, 0.05) is 40.0 Å². The molecule has 0 fully saturated rings. The van der Waals surface area contributed by atoms with Gasteiger partial charge < -0.3 is 24.2 Å². The maximum atomic E-state index is 14.4. The first-order valence-electron chi connectivity index (χ1n) is 17.7. The first kappa shape index (κ1) is 40.1. The molecule has 0 saturated heterocycles. The van der Waals surface area contributed by atoms with Crippen LogP contribution in [0.25, 0.3) is 22.0 Å². The molecule has 12 heteroatoms. The van der Waals surface area contributed by atoms with Crippen molar-refractivity contribution < 1.29 is 23.5 Å². The average molecular weight is 778 g/mol. The van der Waals surface area contributed by atoms with E-state index in [1.807, 2.05) is 69.8 Å². The lowest BCUT2D eigenvalue weighted by Gasteiger charge is -2.36. The van der Waals surface area contributed by atoms with Gasteiger partial charge in [-0.15, -0.1) is 0 Å². The lowest BCUT2D eigenvalue weighted by molar-refractivity contribution is 0.0600. The van der Waals surface area contributed by atoms with Crippen LogP contribution in [0.2, 0.25) is 28.2 Å². The van der Waals surface area contributed by atoms with E-state index in [0.717, 1.165) is 66.4 Å². The standard InChI is InChI=1S/C41H50Cl2N4O5Si/c1-23-17-30(18-24(2)36(23)43)51-16-12-13-31-32-14-15-33(42)35(34-25(3)46-47(8)26(34)4)37(32)45-38(31)39(48)44-29-20-27(19-28(21-29)40(49)50-9)22-52-53(10,11)41(5,6)7/h14-15,17-21,45H,12-13,16,22H2,1-11H3,(H,44,48). The van der Waals surface area contributed by atoms with Crippen molar-refractivity contribution in [3.8, 4) is 16.9 Å². The number of carbonyl (C=O) groups is 2. The molecule has 3 aromatic carbocycles. The molecule has 0 spiro atoms. The zero-order valence-electron chi connectivity index (χ0n) is 32.6. The molecule has 5 aromatic rings. The maximum absolute atomic E-state index is 14.4. The highest BCUT2D eigenvalue weighted by molar-refractivity contribution is 6.74. The Bertz CT molecular complexity index is 2180. The van der Waals surface area contributed by atoms with Crippen molar-refractivity contribution in [1.82, 2.24) is 14.8 Å². The van der Waals surface area contributed by atoms with E-state index >= 15 is 0 Å². The van der Waals surface area contributed by atoms with Gasteiger partial charge in [-0.2, -0.15) is 5.10 Å². The van der Waals surface area contributed by atoms with Crippen molar-refractivity contribution in [1.29, 1.82) is 0 Å². The molecule has 1 amide bonds. The molecule has 0 radical (unpaired) electrons. The first-order valence-corrected chi connectivity index (χ1v) is 21.4. The number of aromatic amines is 1. The molecule has 2 aromatic heterocycles. The van der Waals surface area contributed by atoms with Crippen molar-refractivity contribution >= 4 is 60.0 Å². The normalized spacial score (nSPS) is 12.0. The Balaban J connectivity index is 1.53. The summed E-state index contributed by atoms with van der Waals surface area (Å²) in [6.07, 6.45) is 1.16. The number of fused-ring (bicyclic) bond motifs is 1. The first-order chi connectivity index (χ1) is 24.8. The summed E-state index contributed by atoms with van der Waals surface area (Å²) in [4.78, 5) is 30.6. The Kier molecular flexibility index (Phi) is 11.9. The Morgan fingerprint density at radius 2 is 1.66 bits per heavy atom. The predicted octanol–water partition coefficient (Wildman–Crippen LogP) is 10.7. The number of benzene rings is 3. The third-order valence-corrected chi connectivity index (χ3v) is 15.7. The van der Waals surface area contributed by atoms with Crippen LogP contribution in [0.4, 0.5) is 5.69 Å². The van der Waals surface area contributed by atoms with Gasteiger partial charge in [-0.05, 0) is 117 Å². The number of rotatable bonds is 12. The lowest BCUT2D eigenvalue weighted by Crippen LogP contribution is -2.40. The molecule has 0 bridgehead atoms. The van der Waals surface area contributed by atoms with Gasteiger partial charge in [0.05, 0.1) is 42.1 Å². The van der Waals surface area contributed by atoms with Crippen molar-refractivity contribution in [2.75, 3.05) is 19.0 Å². The number of nitrogens with zero attached hydrogens (tertiary/aromatic N) is 2. The predicted molar refractivity (Wildman–Crippen MR) is 217 cm³/mol. The third-order valence-electron chi connectivity index (χ3n) is 10.3. The summed E-state index contributed by atoms with van der Waals surface area (Å²) in [6.45, 7) is 19.5. The summed E-state index contributed by atoms with van der Waals surface area (Å²) < 4.78 is 19.5. The summed E-state index contributed by atoms with van der Waals surface area (Å²) in [5.74, 6) is -0.119. The van der Waals surface area contributed by atoms with E-state index in [2.05, 4.69) is 49.3 Å². The van der Waals surface area contributed by atoms with Gasteiger partial charge in [0.2, 0.25) is 0 Å². The summed E-state index contributed by atoms with van der Waals surface area (Å²) >= 11 is 13.3. The fourth-order valence-corrected chi connectivity index (χ4v) is 7.63. The number of ether oxygens (including phenoxy) is 2. The van der Waals surface area contributed by atoms with Crippen LogP contribution in [-0.4, -0.2) is 48.7 Å². The van der Waals surface area contributed by atoms with Crippen molar-refractivity contribution in [3.05, 3.63) is 97.4 Å². The lowest BCUT2D eigenvalue weighted by atomic mass is 9.98. The minimum absolute atomic E-state index is 0.00239. The monoisotopic (exact) mass is 776 g/mol. The molecule has 0 aliphatic carbocycles. The number of amides is 1. The second-order valence-electron chi connectivity index (χ2n) is 15.2. The van der Waals surface area contributed by atoms with Crippen LogP contribution in [-0.2, 0) is 29.2 Å². The summed E-state index contributed by atoms with van der Waals surface area (Å²) in [6, 6.07) is 12.9. The molecule has 2 heterocycles. The molecular weight excluding hydrogens is 727 g/mol. The highest BCUT2D eigenvalue weighted by Crippen LogP contribution is 2.41. The average Bonchev–Trinajstić information content (AvgIpc) is 3.58. The summed E-state index contributed by atoms with van der Waals surface area (Å²) in [5.41, 5.74) is 8.87. The van der Waals surface area contributed by atoms with Crippen LogP contribution in [0.15, 0.2) is 42.5 Å². The molecule has 0 saturated carbocycles. The largest absolute Gasteiger partial charge is 0.494 e. The molecule has 0 aliphatic heterocycles. The Labute approximate surface area is 323 Å². The van der Waals surface area contributed by atoms with Crippen molar-refractivity contribution in [3.63, 3.8) is 0 Å². The zero-order valence-corrected chi connectivity index (χ0v) is 35.1. The second-order valence-corrected chi connectivity index (χ2v) is 20.8. The van der Waals surface area contributed by atoms with Gasteiger partial charge in [0.25, 0.3) is 5.91 Å². The quantitative estimate of drug-likeness (QED) is 0.0742. The molecule has 5 rings (SSSR count). The SMILES string of the molecule is COC(=O)c1cc(CO[Si](C)(C)C(C)(C)C)cc(NC(=O)c2[nH]c3c(-c4c(C)nn(C)c4C)c(Cl)ccc3c2CCCOc2cc(C)c(Cl)c(C)c2)c1. The van der Waals surface area contributed by atoms with E-state index in [9.17, 15) is 9.59 Å². The number of methoxy groups -OCH3 is 1. The zero-order chi connectivity index (χ0) is 39.0. The number of H-pyrrole nitrogens is 1. The maximum Gasteiger partial charge on any atom is 0.337 e. The van der Waals surface area contributed by atoms with E-state index < -0.39 is 14.3 Å². The molecular formula is C41H50Cl2N4O5Si. The van der Waals surface area contributed by atoms with Crippen molar-refractivity contribution in [2.24, 2.45) is 7.05 Å². The van der Waals surface area contributed by atoms with Gasteiger partial charge >= 0.3 is 5.97 Å². The van der Waals surface area contributed by atoms with E-state index in [1.54, 1.807) is 12.1 Å². The second kappa shape index (κ2) is 15.7. The van der Waals surface area contributed by atoms with Gasteiger partial charge in [-0.1, -0.05) is 50.0 Å². The van der Waals surface area contributed by atoms with E-state index in [1.165, 1.54) is 7.11 Å². The van der Waals surface area contributed by atoms with Crippen LogP contribution in [0.3, 0.4) is 0 Å². The van der Waals surface area contributed by atoms with Crippen LogP contribution >= 0.6 is 23.2 Å². The fraction of sp³-hybridized carbons (Fsp3) is 0.390. The summed E-state index contributed by atoms with van der Waals surface area (Å²) in [7, 11) is 1.13. The number of esters is 1. The number of nitrogens with one attached hydrogen (secondary N) is 2. The molecule has 9 nitrogen and oxygen atoms in total. The Hall–Kier alpha value is -4.09. The number of hydrogen-bond acceptors (Lipinski definition) is 6. The number of aromatic nitrogens is 3. The molecule has 0 aliphatic rings. The van der Waals surface area contributed by atoms with Gasteiger partial charge in [-0.25, -0.2) is 4.79 Å². The van der Waals surface area contributed by atoms with Gasteiger partial charge in [0.15, 0.2) is 8.32 Å². The molecule has 282 valence electrons. The number of hydrogen-bond donors (Lipinski definition) is 2. The van der Waals surface area contributed by atoms with Crippen molar-refractivity contribution in [2.45, 2.75) is 86.0 Å². The summed E-state index contributed by atoms with van der Waals surface area (Å²) in [5, 5.41) is 9.86. The van der Waals surface area contributed by atoms with Crippen LogP contribution in [0.1, 0.15) is 81.7 Å². The number of aryl methyl sites for hydroxylation is 5. The molecule has 2 N–H and O–H groups in total. The number of anilines is 1. The van der Waals surface area contributed by atoms with E-state index in [4.69, 9.17) is 37.1 Å². The molecule has 0 atom stereocenters. The van der Waals surface area contributed by atoms with E-state index in [0.29, 0.717) is 48.0 Å². The van der Waals surface area contributed by atoms with E-state index in [-0.39, 0.29) is 10.9 Å². The topological polar surface area (TPSA) is 107 Å². The number of carbonyl (C=O) groups excluding carboxylic acids is 2.